The summed E-state index contributed by atoms with van der Waals surface area (Å²) in [6.45, 7) is 1.20. The van der Waals surface area contributed by atoms with Crippen LogP contribution in [0.1, 0.15) is 12.8 Å². The van der Waals surface area contributed by atoms with E-state index < -0.39 is 11.8 Å². The highest BCUT2D eigenvalue weighted by molar-refractivity contribution is 5.60. The van der Waals surface area contributed by atoms with Gasteiger partial charge < -0.3 is 9.53 Å². The molecule has 0 aliphatic carbocycles. The van der Waals surface area contributed by atoms with E-state index in [1.807, 2.05) is 0 Å². The Hall–Kier alpha value is -0.550. The van der Waals surface area contributed by atoms with Crippen molar-refractivity contribution in [1.82, 2.24) is 4.90 Å². The van der Waals surface area contributed by atoms with Crippen LogP contribution in [0.5, 0.6) is 0 Å². The average molecular weight is 221 g/mol. The van der Waals surface area contributed by atoms with Gasteiger partial charge in [0.1, 0.15) is 6.29 Å². The minimum atomic E-state index is -2.35. The van der Waals surface area contributed by atoms with Crippen molar-refractivity contribution in [1.29, 1.82) is 0 Å². The van der Waals surface area contributed by atoms with Crippen molar-refractivity contribution in [3.05, 3.63) is 0 Å². The Morgan fingerprint density at radius 1 is 1.47 bits per heavy atom. The SMILES string of the molecule is CN(CC(F)F)CC1(C=O)CCOCC1. The lowest BCUT2D eigenvalue weighted by Gasteiger charge is -2.35. The number of hydrogen-bond acceptors (Lipinski definition) is 3. The predicted molar refractivity (Wildman–Crippen MR) is 52.1 cm³/mol. The van der Waals surface area contributed by atoms with Crippen LogP contribution >= 0.6 is 0 Å². The summed E-state index contributed by atoms with van der Waals surface area (Å²) in [5, 5.41) is 0. The first kappa shape index (κ1) is 12.5. The molecule has 0 aromatic heterocycles. The number of ether oxygens (including phenoxy) is 1. The van der Waals surface area contributed by atoms with Crippen molar-refractivity contribution >= 4 is 6.29 Å². The number of carbonyl (C=O) groups excluding carboxylic acids is 1. The molecule has 0 radical (unpaired) electrons. The highest BCUT2D eigenvalue weighted by atomic mass is 19.3. The Kier molecular flexibility index (Phi) is 4.60. The van der Waals surface area contributed by atoms with Gasteiger partial charge in [-0.15, -0.1) is 0 Å². The molecular formula is C10H17F2NO2. The molecular weight excluding hydrogens is 204 g/mol. The van der Waals surface area contributed by atoms with Crippen LogP contribution in [0.15, 0.2) is 0 Å². The summed E-state index contributed by atoms with van der Waals surface area (Å²) >= 11 is 0. The van der Waals surface area contributed by atoms with Crippen LogP contribution in [0.2, 0.25) is 0 Å². The molecule has 0 bridgehead atoms. The molecule has 0 atom stereocenters. The maximum atomic E-state index is 12.1. The fourth-order valence-electron chi connectivity index (χ4n) is 1.93. The zero-order valence-electron chi connectivity index (χ0n) is 8.92. The van der Waals surface area contributed by atoms with Gasteiger partial charge in [-0.2, -0.15) is 0 Å². The maximum absolute atomic E-state index is 12.1. The number of carbonyl (C=O) groups is 1. The third-order valence-corrected chi connectivity index (χ3v) is 2.77. The van der Waals surface area contributed by atoms with Crippen LogP contribution in [0.4, 0.5) is 8.78 Å². The van der Waals surface area contributed by atoms with Crippen molar-refractivity contribution in [3.63, 3.8) is 0 Å². The second-order valence-corrected chi connectivity index (χ2v) is 4.18. The van der Waals surface area contributed by atoms with Gasteiger partial charge in [0, 0.05) is 25.2 Å². The van der Waals surface area contributed by atoms with Gasteiger partial charge in [-0.25, -0.2) is 8.78 Å². The number of rotatable bonds is 5. The monoisotopic (exact) mass is 221 g/mol. The summed E-state index contributed by atoms with van der Waals surface area (Å²) in [4.78, 5) is 12.6. The molecule has 0 aromatic carbocycles. The molecule has 5 heteroatoms. The minimum Gasteiger partial charge on any atom is -0.381 e. The van der Waals surface area contributed by atoms with Crippen molar-refractivity contribution in [2.24, 2.45) is 5.41 Å². The number of alkyl halides is 2. The molecule has 0 saturated carbocycles. The lowest BCUT2D eigenvalue weighted by molar-refractivity contribution is -0.123. The third kappa shape index (κ3) is 3.83. The Balaban J connectivity index is 2.47. The topological polar surface area (TPSA) is 29.5 Å². The molecule has 0 amide bonds. The first-order valence-corrected chi connectivity index (χ1v) is 5.09. The van der Waals surface area contributed by atoms with Gasteiger partial charge in [0.05, 0.1) is 6.54 Å². The summed E-state index contributed by atoms with van der Waals surface area (Å²) in [6.07, 6.45) is -0.190. The van der Waals surface area contributed by atoms with Crippen LogP contribution in [0.25, 0.3) is 0 Å². The van der Waals surface area contributed by atoms with Gasteiger partial charge in [-0.3, -0.25) is 4.90 Å². The fourth-order valence-corrected chi connectivity index (χ4v) is 1.93. The van der Waals surface area contributed by atoms with E-state index in [0.29, 0.717) is 32.6 Å². The normalized spacial score (nSPS) is 20.9. The zero-order chi connectivity index (χ0) is 11.3. The number of nitrogens with zero attached hydrogens (tertiary/aromatic N) is 1. The standard InChI is InChI=1S/C10H17F2NO2/c1-13(6-9(11)12)7-10(8-14)2-4-15-5-3-10/h8-9H,2-7H2,1H3. The summed E-state index contributed by atoms with van der Waals surface area (Å²) in [6, 6.07) is 0. The first-order valence-electron chi connectivity index (χ1n) is 5.09. The van der Waals surface area contributed by atoms with E-state index in [1.165, 1.54) is 4.90 Å². The molecule has 0 spiro atoms. The van der Waals surface area contributed by atoms with Gasteiger partial charge in [-0.1, -0.05) is 0 Å². The van der Waals surface area contributed by atoms with Crippen molar-refractivity contribution < 1.29 is 18.3 Å². The zero-order valence-corrected chi connectivity index (χ0v) is 8.92. The molecule has 3 nitrogen and oxygen atoms in total. The van der Waals surface area contributed by atoms with E-state index >= 15 is 0 Å². The molecule has 0 aromatic rings. The molecule has 1 fully saturated rings. The molecule has 0 unspecified atom stereocenters. The summed E-state index contributed by atoms with van der Waals surface area (Å²) in [5.41, 5.74) is -0.484. The van der Waals surface area contributed by atoms with Gasteiger partial charge in [0.2, 0.25) is 0 Å². The van der Waals surface area contributed by atoms with E-state index in [2.05, 4.69) is 0 Å². The Bertz CT molecular complexity index is 206. The molecule has 1 aliphatic rings. The third-order valence-electron chi connectivity index (χ3n) is 2.77. The van der Waals surface area contributed by atoms with E-state index in [-0.39, 0.29) is 6.54 Å². The molecule has 1 saturated heterocycles. The summed E-state index contributed by atoms with van der Waals surface area (Å²) < 4.78 is 29.4. The highest BCUT2D eigenvalue weighted by Crippen LogP contribution is 2.28. The van der Waals surface area contributed by atoms with Gasteiger partial charge in [0.25, 0.3) is 6.43 Å². The number of halogens is 2. The van der Waals surface area contributed by atoms with Gasteiger partial charge in [-0.05, 0) is 19.9 Å². The summed E-state index contributed by atoms with van der Waals surface area (Å²) in [5.74, 6) is 0. The van der Waals surface area contributed by atoms with Crippen LogP contribution in [-0.4, -0.2) is 51.0 Å². The van der Waals surface area contributed by atoms with Gasteiger partial charge >= 0.3 is 0 Å². The van der Waals surface area contributed by atoms with Crippen molar-refractivity contribution in [3.8, 4) is 0 Å². The van der Waals surface area contributed by atoms with Crippen LogP contribution in [0.3, 0.4) is 0 Å². The van der Waals surface area contributed by atoms with Gasteiger partial charge in [0.15, 0.2) is 0 Å². The summed E-state index contributed by atoms with van der Waals surface area (Å²) in [7, 11) is 1.62. The Morgan fingerprint density at radius 2 is 2.07 bits per heavy atom. The van der Waals surface area contributed by atoms with E-state index in [1.54, 1.807) is 7.05 Å². The van der Waals surface area contributed by atoms with Crippen molar-refractivity contribution in [2.75, 3.05) is 33.4 Å². The second-order valence-electron chi connectivity index (χ2n) is 4.18. The smallest absolute Gasteiger partial charge is 0.251 e. The Labute approximate surface area is 88.4 Å². The lowest BCUT2D eigenvalue weighted by Crippen LogP contribution is -2.42. The number of hydrogen-bond donors (Lipinski definition) is 0. The quantitative estimate of drug-likeness (QED) is 0.653. The molecule has 1 aliphatic heterocycles. The number of aldehydes is 1. The molecule has 1 rings (SSSR count). The molecule has 0 N–H and O–H groups in total. The van der Waals surface area contributed by atoms with E-state index in [0.717, 1.165) is 6.29 Å². The van der Waals surface area contributed by atoms with E-state index in [9.17, 15) is 13.6 Å². The lowest BCUT2D eigenvalue weighted by atomic mass is 9.81. The minimum absolute atomic E-state index is 0.281. The predicted octanol–water partition coefficient (Wildman–Crippen LogP) is 1.18. The largest absolute Gasteiger partial charge is 0.381 e. The second kappa shape index (κ2) is 5.51. The molecule has 1 heterocycles. The van der Waals surface area contributed by atoms with Crippen LogP contribution in [0, 0.1) is 5.41 Å². The van der Waals surface area contributed by atoms with Crippen LogP contribution in [-0.2, 0) is 9.53 Å². The average Bonchev–Trinajstić information content (AvgIpc) is 2.17. The Morgan fingerprint density at radius 3 is 2.53 bits per heavy atom. The fraction of sp³-hybridized carbons (Fsp3) is 0.900. The first-order chi connectivity index (χ1) is 7.08. The highest BCUT2D eigenvalue weighted by Gasteiger charge is 2.33. The van der Waals surface area contributed by atoms with Crippen LogP contribution < -0.4 is 0 Å². The molecule has 15 heavy (non-hydrogen) atoms. The molecule has 88 valence electrons. The maximum Gasteiger partial charge on any atom is 0.251 e. The van der Waals surface area contributed by atoms with Crippen molar-refractivity contribution in [2.45, 2.75) is 19.3 Å². The van der Waals surface area contributed by atoms with E-state index in [4.69, 9.17) is 4.74 Å².